The van der Waals surface area contributed by atoms with Gasteiger partial charge in [-0.25, -0.2) is 18.2 Å². The van der Waals surface area contributed by atoms with Gasteiger partial charge in [-0.15, -0.1) is 0 Å². The molecule has 0 atom stereocenters. The summed E-state index contributed by atoms with van der Waals surface area (Å²) >= 11 is 5.79. The highest BCUT2D eigenvalue weighted by molar-refractivity contribution is 7.89. The average Bonchev–Trinajstić information content (AvgIpc) is 3.00. The number of halogens is 4. The van der Waals surface area contributed by atoms with Gasteiger partial charge in [0.15, 0.2) is 0 Å². The molecule has 2 N–H and O–H groups in total. The van der Waals surface area contributed by atoms with Crippen molar-refractivity contribution >= 4 is 21.6 Å². The number of primary sulfonamides is 1. The molecule has 2 aromatic carbocycles. The smallest absolute Gasteiger partial charge is 0.227 e. The van der Waals surface area contributed by atoms with Crippen LogP contribution in [0.3, 0.4) is 0 Å². The summed E-state index contributed by atoms with van der Waals surface area (Å²) in [6.07, 6.45) is -4.76. The molecule has 0 aliphatic rings. The number of hydrogen-bond acceptors (Lipinski definition) is 3. The zero-order valence-corrected chi connectivity index (χ0v) is 14.5. The lowest BCUT2D eigenvalue weighted by Gasteiger charge is -2.12. The largest absolute Gasteiger partial charge is 0.433 e. The number of aromatic nitrogens is 2. The summed E-state index contributed by atoms with van der Waals surface area (Å²) in [7, 11) is -4.25. The molecule has 0 saturated carbocycles. The first-order chi connectivity index (χ1) is 12.1. The van der Waals surface area contributed by atoms with Crippen LogP contribution in [-0.2, 0) is 16.2 Å². The van der Waals surface area contributed by atoms with E-state index in [4.69, 9.17) is 16.7 Å². The van der Waals surface area contributed by atoms with Crippen LogP contribution in [0.15, 0.2) is 59.5 Å². The quantitative estimate of drug-likeness (QED) is 0.723. The van der Waals surface area contributed by atoms with Gasteiger partial charge < -0.3 is 0 Å². The van der Waals surface area contributed by atoms with Crippen LogP contribution in [0.5, 0.6) is 0 Å². The Bertz CT molecular complexity index is 1060. The molecule has 3 aromatic rings. The second-order valence-corrected chi connectivity index (χ2v) is 7.31. The fraction of sp³-hybridized carbons (Fsp3) is 0.0625. The summed E-state index contributed by atoms with van der Waals surface area (Å²) in [5, 5.41) is 9.50. The maximum atomic E-state index is 13.5. The number of hydrogen-bond donors (Lipinski definition) is 1. The van der Waals surface area contributed by atoms with Crippen LogP contribution in [0.4, 0.5) is 13.2 Å². The van der Waals surface area contributed by atoms with E-state index in [1.807, 2.05) is 0 Å². The molecule has 10 heteroatoms. The molecule has 0 saturated heterocycles. The monoisotopic (exact) mass is 401 g/mol. The molecule has 3 rings (SSSR count). The van der Waals surface area contributed by atoms with Crippen molar-refractivity contribution in [1.82, 2.24) is 9.78 Å². The number of nitrogens with zero attached hydrogens (tertiary/aromatic N) is 2. The molecule has 26 heavy (non-hydrogen) atoms. The van der Waals surface area contributed by atoms with Crippen molar-refractivity contribution in [3.8, 4) is 16.9 Å². The van der Waals surface area contributed by atoms with Gasteiger partial charge in [-0.3, -0.25) is 0 Å². The second kappa shape index (κ2) is 6.42. The SMILES string of the molecule is NS(=O)(=O)c1ccccc1-n1nc(-c2ccc(Cl)cc2)cc1C(F)(F)F. The van der Waals surface area contributed by atoms with Crippen LogP contribution in [0.1, 0.15) is 5.69 Å². The zero-order chi connectivity index (χ0) is 19.1. The predicted molar refractivity (Wildman–Crippen MR) is 90.4 cm³/mol. The maximum absolute atomic E-state index is 13.5. The number of alkyl halides is 3. The Morgan fingerprint density at radius 2 is 1.65 bits per heavy atom. The van der Waals surface area contributed by atoms with Gasteiger partial charge in [0.25, 0.3) is 0 Å². The van der Waals surface area contributed by atoms with Gasteiger partial charge in [-0.2, -0.15) is 18.3 Å². The molecular weight excluding hydrogens is 391 g/mol. The highest BCUT2D eigenvalue weighted by atomic mass is 35.5. The van der Waals surface area contributed by atoms with Gasteiger partial charge in [0.1, 0.15) is 10.6 Å². The van der Waals surface area contributed by atoms with E-state index in [0.717, 1.165) is 12.1 Å². The Balaban J connectivity index is 2.27. The fourth-order valence-corrected chi connectivity index (χ4v) is 3.24. The molecule has 0 amide bonds. The van der Waals surface area contributed by atoms with Crippen LogP contribution >= 0.6 is 11.6 Å². The van der Waals surface area contributed by atoms with E-state index in [0.29, 0.717) is 15.3 Å². The molecule has 0 aliphatic heterocycles. The molecule has 1 aromatic heterocycles. The van der Waals surface area contributed by atoms with Crippen LogP contribution in [0.25, 0.3) is 16.9 Å². The number of rotatable bonds is 3. The zero-order valence-electron chi connectivity index (χ0n) is 12.9. The molecule has 0 radical (unpaired) electrons. The van der Waals surface area contributed by atoms with Crippen molar-refractivity contribution < 1.29 is 21.6 Å². The first kappa shape index (κ1) is 18.4. The first-order valence-corrected chi connectivity index (χ1v) is 9.05. The van der Waals surface area contributed by atoms with Crippen LogP contribution < -0.4 is 5.14 Å². The standard InChI is InChI=1S/C16H11ClF3N3O2S/c17-11-7-5-10(6-8-11)12-9-15(16(18,19)20)23(22-12)13-3-1-2-4-14(13)26(21,24)25/h1-9H,(H2,21,24,25). The third kappa shape index (κ3) is 3.59. The van der Waals surface area contributed by atoms with Crippen molar-refractivity contribution in [2.75, 3.05) is 0 Å². The summed E-state index contributed by atoms with van der Waals surface area (Å²) < 4.78 is 64.5. The van der Waals surface area contributed by atoms with Crippen molar-refractivity contribution in [1.29, 1.82) is 0 Å². The van der Waals surface area contributed by atoms with E-state index in [1.54, 1.807) is 0 Å². The molecule has 0 fully saturated rings. The molecule has 0 aliphatic carbocycles. The average molecular weight is 402 g/mol. The van der Waals surface area contributed by atoms with Gasteiger partial charge in [-0.05, 0) is 30.3 Å². The van der Waals surface area contributed by atoms with E-state index in [2.05, 4.69) is 5.10 Å². The number of para-hydroxylation sites is 1. The first-order valence-electron chi connectivity index (χ1n) is 7.13. The molecule has 5 nitrogen and oxygen atoms in total. The normalized spacial score (nSPS) is 12.3. The molecular formula is C16H11ClF3N3O2S. The van der Waals surface area contributed by atoms with Crippen LogP contribution in [-0.4, -0.2) is 18.2 Å². The Morgan fingerprint density at radius 1 is 1.04 bits per heavy atom. The highest BCUT2D eigenvalue weighted by Gasteiger charge is 2.37. The lowest BCUT2D eigenvalue weighted by molar-refractivity contribution is -0.142. The van der Waals surface area contributed by atoms with E-state index in [-0.39, 0.29) is 11.4 Å². The van der Waals surface area contributed by atoms with E-state index in [9.17, 15) is 21.6 Å². The molecule has 136 valence electrons. The molecule has 1 heterocycles. The summed E-state index contributed by atoms with van der Waals surface area (Å²) in [5.74, 6) is 0. The minimum atomic E-state index is -4.76. The van der Waals surface area contributed by atoms with E-state index in [1.165, 1.54) is 42.5 Å². The predicted octanol–water partition coefficient (Wildman–Crippen LogP) is 3.86. The summed E-state index contributed by atoms with van der Waals surface area (Å²) in [6, 6.07) is 12.0. The Morgan fingerprint density at radius 3 is 2.23 bits per heavy atom. The van der Waals surface area contributed by atoms with Gasteiger partial charge in [0.05, 0.1) is 11.4 Å². The molecule has 0 spiro atoms. The topological polar surface area (TPSA) is 78.0 Å². The Labute approximate surface area is 151 Å². The maximum Gasteiger partial charge on any atom is 0.433 e. The molecule has 0 unspecified atom stereocenters. The molecule has 0 bridgehead atoms. The van der Waals surface area contributed by atoms with Crippen molar-refractivity contribution in [2.24, 2.45) is 5.14 Å². The minimum absolute atomic E-state index is 0.0122. The van der Waals surface area contributed by atoms with E-state index < -0.39 is 26.8 Å². The second-order valence-electron chi connectivity index (χ2n) is 5.34. The van der Waals surface area contributed by atoms with Gasteiger partial charge in [-0.1, -0.05) is 35.9 Å². The summed E-state index contributed by atoms with van der Waals surface area (Å²) in [4.78, 5) is -0.462. The van der Waals surface area contributed by atoms with Crippen LogP contribution in [0, 0.1) is 0 Å². The lowest BCUT2D eigenvalue weighted by Crippen LogP contribution is -2.19. The number of sulfonamides is 1. The highest BCUT2D eigenvalue weighted by Crippen LogP contribution is 2.35. The number of benzene rings is 2. The minimum Gasteiger partial charge on any atom is -0.227 e. The van der Waals surface area contributed by atoms with Crippen molar-refractivity contribution in [2.45, 2.75) is 11.1 Å². The van der Waals surface area contributed by atoms with Gasteiger partial charge in [0, 0.05) is 10.6 Å². The van der Waals surface area contributed by atoms with Crippen molar-refractivity contribution in [3.63, 3.8) is 0 Å². The van der Waals surface area contributed by atoms with Crippen molar-refractivity contribution in [3.05, 3.63) is 65.3 Å². The fourth-order valence-electron chi connectivity index (χ4n) is 2.40. The van der Waals surface area contributed by atoms with E-state index >= 15 is 0 Å². The third-order valence-electron chi connectivity index (χ3n) is 3.54. The number of nitrogens with two attached hydrogens (primary N) is 1. The lowest BCUT2D eigenvalue weighted by atomic mass is 10.1. The summed E-state index contributed by atoms with van der Waals surface area (Å²) in [5.41, 5.74) is -1.01. The summed E-state index contributed by atoms with van der Waals surface area (Å²) in [6.45, 7) is 0. The van der Waals surface area contributed by atoms with Crippen LogP contribution in [0.2, 0.25) is 5.02 Å². The van der Waals surface area contributed by atoms with Gasteiger partial charge in [0.2, 0.25) is 10.0 Å². The Kier molecular flexibility index (Phi) is 4.55. The third-order valence-corrected chi connectivity index (χ3v) is 4.75. The Hall–Kier alpha value is -2.36. The van der Waals surface area contributed by atoms with Gasteiger partial charge >= 0.3 is 6.18 Å².